The van der Waals surface area contributed by atoms with E-state index in [4.69, 9.17) is 14.6 Å². The smallest absolute Gasteiger partial charge is 0.244 e. The van der Waals surface area contributed by atoms with Crippen LogP contribution < -0.4 is 14.8 Å². The van der Waals surface area contributed by atoms with Gasteiger partial charge in [-0.05, 0) is 30.2 Å². The van der Waals surface area contributed by atoms with Crippen molar-refractivity contribution in [3.05, 3.63) is 29.8 Å². The Kier molecular flexibility index (Phi) is 6.46. The summed E-state index contributed by atoms with van der Waals surface area (Å²) in [4.78, 5) is 11.5. The molecule has 0 aromatic heterocycles. The number of methoxy groups -OCH3 is 2. The van der Waals surface area contributed by atoms with E-state index >= 15 is 0 Å². The Hall–Kier alpha value is -2.01. The Morgan fingerprint density at radius 3 is 2.42 bits per heavy atom. The number of benzene rings is 1. The molecule has 0 saturated heterocycles. The van der Waals surface area contributed by atoms with Gasteiger partial charge in [-0.15, -0.1) is 0 Å². The van der Waals surface area contributed by atoms with E-state index in [9.17, 15) is 4.79 Å². The number of rotatable bonds is 7. The average Bonchev–Trinajstić information content (AvgIpc) is 2.45. The van der Waals surface area contributed by atoms with Gasteiger partial charge in [0, 0.05) is 25.3 Å². The normalized spacial score (nSPS) is 10.5. The van der Waals surface area contributed by atoms with Crippen LogP contribution >= 0.6 is 0 Å². The van der Waals surface area contributed by atoms with Gasteiger partial charge >= 0.3 is 0 Å². The highest BCUT2D eigenvalue weighted by atomic mass is 16.5. The van der Waals surface area contributed by atoms with E-state index in [0.717, 1.165) is 5.56 Å². The second kappa shape index (κ2) is 8.16. The first-order valence-corrected chi connectivity index (χ1v) is 5.99. The van der Waals surface area contributed by atoms with Gasteiger partial charge in [-0.3, -0.25) is 4.79 Å². The number of ether oxygens (including phenoxy) is 2. The maximum Gasteiger partial charge on any atom is 0.244 e. The van der Waals surface area contributed by atoms with Gasteiger partial charge in [0.1, 0.15) is 11.5 Å². The molecular weight excluding hydrogens is 246 g/mol. The monoisotopic (exact) mass is 265 g/mol. The van der Waals surface area contributed by atoms with Crippen molar-refractivity contribution >= 4 is 12.0 Å². The second-order valence-corrected chi connectivity index (χ2v) is 3.85. The van der Waals surface area contributed by atoms with E-state index in [0.29, 0.717) is 24.5 Å². The van der Waals surface area contributed by atoms with E-state index in [1.165, 1.54) is 6.08 Å². The topological polar surface area (TPSA) is 67.8 Å². The van der Waals surface area contributed by atoms with E-state index < -0.39 is 0 Å². The minimum absolute atomic E-state index is 0.0665. The largest absolute Gasteiger partial charge is 0.497 e. The molecule has 2 N–H and O–H groups in total. The van der Waals surface area contributed by atoms with Gasteiger partial charge in [-0.2, -0.15) is 0 Å². The lowest BCUT2D eigenvalue weighted by atomic mass is 10.2. The van der Waals surface area contributed by atoms with Crippen molar-refractivity contribution in [1.29, 1.82) is 0 Å². The molecule has 1 aromatic rings. The Bertz CT molecular complexity index is 421. The zero-order chi connectivity index (χ0) is 14.1. The molecule has 0 aliphatic carbocycles. The fourth-order valence-electron chi connectivity index (χ4n) is 1.45. The SMILES string of the molecule is COc1cc(/C=C/C(=O)NCCCO)cc(OC)c1. The Balaban J connectivity index is 2.67. The fraction of sp³-hybridized carbons (Fsp3) is 0.357. The number of hydrogen-bond donors (Lipinski definition) is 2. The molecule has 1 aromatic carbocycles. The number of carbonyl (C=O) groups is 1. The fourth-order valence-corrected chi connectivity index (χ4v) is 1.45. The van der Waals surface area contributed by atoms with Crippen molar-refractivity contribution < 1.29 is 19.4 Å². The third kappa shape index (κ3) is 5.44. The molecule has 0 fully saturated rings. The molecule has 19 heavy (non-hydrogen) atoms. The molecule has 0 aliphatic heterocycles. The van der Waals surface area contributed by atoms with Gasteiger partial charge in [0.15, 0.2) is 0 Å². The first-order chi connectivity index (χ1) is 9.19. The Morgan fingerprint density at radius 1 is 1.26 bits per heavy atom. The van der Waals surface area contributed by atoms with Crippen molar-refractivity contribution in [3.8, 4) is 11.5 Å². The predicted octanol–water partition coefficient (Wildman–Crippen LogP) is 1.22. The van der Waals surface area contributed by atoms with Crippen LogP contribution in [0.5, 0.6) is 11.5 Å². The molecule has 0 bridgehead atoms. The molecule has 0 aliphatic rings. The van der Waals surface area contributed by atoms with Crippen LogP contribution in [0, 0.1) is 0 Å². The van der Waals surface area contributed by atoms with Crippen LogP contribution in [0.4, 0.5) is 0 Å². The van der Waals surface area contributed by atoms with Crippen molar-refractivity contribution in [2.24, 2.45) is 0 Å². The first kappa shape index (κ1) is 15.0. The van der Waals surface area contributed by atoms with E-state index in [-0.39, 0.29) is 12.5 Å². The predicted molar refractivity (Wildman–Crippen MR) is 73.3 cm³/mol. The molecule has 5 nitrogen and oxygen atoms in total. The van der Waals surface area contributed by atoms with Crippen molar-refractivity contribution in [3.63, 3.8) is 0 Å². The van der Waals surface area contributed by atoms with Crippen LogP contribution in [0.1, 0.15) is 12.0 Å². The van der Waals surface area contributed by atoms with Crippen LogP contribution in [-0.4, -0.2) is 38.4 Å². The quantitative estimate of drug-likeness (QED) is 0.574. The highest BCUT2D eigenvalue weighted by Gasteiger charge is 2.00. The summed E-state index contributed by atoms with van der Waals surface area (Å²) >= 11 is 0. The third-order valence-electron chi connectivity index (χ3n) is 2.44. The van der Waals surface area contributed by atoms with Gasteiger partial charge in [0.05, 0.1) is 14.2 Å². The Morgan fingerprint density at radius 2 is 1.89 bits per heavy atom. The van der Waals surface area contributed by atoms with Gasteiger partial charge in [0.2, 0.25) is 5.91 Å². The number of aliphatic hydroxyl groups is 1. The number of aliphatic hydroxyl groups excluding tert-OH is 1. The summed E-state index contributed by atoms with van der Waals surface area (Å²) < 4.78 is 10.3. The number of amides is 1. The van der Waals surface area contributed by atoms with E-state index in [1.54, 1.807) is 38.5 Å². The van der Waals surface area contributed by atoms with Crippen molar-refractivity contribution in [1.82, 2.24) is 5.32 Å². The zero-order valence-corrected chi connectivity index (χ0v) is 11.2. The van der Waals surface area contributed by atoms with Crippen molar-refractivity contribution in [2.45, 2.75) is 6.42 Å². The lowest BCUT2D eigenvalue weighted by Crippen LogP contribution is -2.22. The van der Waals surface area contributed by atoms with Gasteiger partial charge in [-0.25, -0.2) is 0 Å². The standard InChI is InChI=1S/C14H19NO4/c1-18-12-8-11(9-13(10-12)19-2)4-5-14(17)15-6-3-7-16/h4-5,8-10,16H,3,6-7H2,1-2H3,(H,15,17)/b5-4+. The number of carbonyl (C=O) groups excluding carboxylic acids is 1. The van der Waals surface area contributed by atoms with Crippen LogP contribution in [-0.2, 0) is 4.79 Å². The molecule has 0 unspecified atom stereocenters. The number of hydrogen-bond acceptors (Lipinski definition) is 4. The summed E-state index contributed by atoms with van der Waals surface area (Å²) in [5.74, 6) is 1.13. The Labute approximate surface area is 112 Å². The summed E-state index contributed by atoms with van der Waals surface area (Å²) in [5.41, 5.74) is 0.813. The summed E-state index contributed by atoms with van der Waals surface area (Å²) in [6, 6.07) is 5.37. The maximum atomic E-state index is 11.5. The summed E-state index contributed by atoms with van der Waals surface area (Å²) in [5, 5.41) is 11.3. The molecule has 0 spiro atoms. The summed E-state index contributed by atoms with van der Waals surface area (Å²) in [6.45, 7) is 0.526. The minimum Gasteiger partial charge on any atom is -0.497 e. The van der Waals surface area contributed by atoms with Crippen molar-refractivity contribution in [2.75, 3.05) is 27.4 Å². The average molecular weight is 265 g/mol. The molecule has 0 atom stereocenters. The molecular formula is C14H19NO4. The van der Waals surface area contributed by atoms with Gasteiger partial charge in [-0.1, -0.05) is 0 Å². The van der Waals surface area contributed by atoms with E-state index in [2.05, 4.69) is 5.32 Å². The summed E-state index contributed by atoms with van der Waals surface area (Å²) in [7, 11) is 3.15. The van der Waals surface area contributed by atoms with Crippen LogP contribution in [0.25, 0.3) is 6.08 Å². The maximum absolute atomic E-state index is 11.5. The molecule has 0 heterocycles. The van der Waals surface area contributed by atoms with Gasteiger partial charge in [0.25, 0.3) is 0 Å². The lowest BCUT2D eigenvalue weighted by molar-refractivity contribution is -0.116. The third-order valence-corrected chi connectivity index (χ3v) is 2.44. The first-order valence-electron chi connectivity index (χ1n) is 5.99. The minimum atomic E-state index is -0.199. The number of nitrogens with one attached hydrogen (secondary N) is 1. The highest BCUT2D eigenvalue weighted by molar-refractivity contribution is 5.91. The summed E-state index contributed by atoms with van der Waals surface area (Å²) in [6.07, 6.45) is 3.66. The molecule has 5 heteroatoms. The molecule has 104 valence electrons. The molecule has 0 radical (unpaired) electrons. The van der Waals surface area contributed by atoms with Crippen LogP contribution in [0.3, 0.4) is 0 Å². The second-order valence-electron chi connectivity index (χ2n) is 3.85. The highest BCUT2D eigenvalue weighted by Crippen LogP contribution is 2.23. The van der Waals surface area contributed by atoms with Gasteiger partial charge < -0.3 is 19.9 Å². The van der Waals surface area contributed by atoms with E-state index in [1.807, 2.05) is 0 Å². The zero-order valence-electron chi connectivity index (χ0n) is 11.2. The lowest BCUT2D eigenvalue weighted by Gasteiger charge is -2.05. The molecule has 1 amide bonds. The molecule has 1 rings (SSSR count). The van der Waals surface area contributed by atoms with Crippen LogP contribution in [0.15, 0.2) is 24.3 Å². The molecule has 0 saturated carbocycles. The van der Waals surface area contributed by atoms with Crippen LogP contribution in [0.2, 0.25) is 0 Å².